The highest BCUT2D eigenvalue weighted by Gasteiger charge is 2.39. The van der Waals surface area contributed by atoms with Crippen LogP contribution in [0.3, 0.4) is 0 Å². The van der Waals surface area contributed by atoms with Gasteiger partial charge in [0.1, 0.15) is 30.1 Å². The first-order valence-corrected chi connectivity index (χ1v) is 20.7. The number of nitrogens with zero attached hydrogens (tertiary/aromatic N) is 3. The van der Waals surface area contributed by atoms with E-state index >= 15 is 0 Å². The van der Waals surface area contributed by atoms with Gasteiger partial charge in [0.15, 0.2) is 0 Å². The smallest absolute Gasteiger partial charge is 0.408 e. The number of carbonyl (C=O) groups is 4. The molecule has 1 aliphatic heterocycles. The van der Waals surface area contributed by atoms with Gasteiger partial charge in [0.05, 0.1) is 18.3 Å². The van der Waals surface area contributed by atoms with E-state index in [2.05, 4.69) is 38.8 Å². The molecular weight excluding hydrogens is 709 g/mol. The molecule has 2 unspecified atom stereocenters. The maximum absolute atomic E-state index is 14.8. The van der Waals surface area contributed by atoms with Gasteiger partial charge in [0.2, 0.25) is 11.8 Å². The van der Waals surface area contributed by atoms with Crippen LogP contribution in [0.5, 0.6) is 0 Å². The molecule has 12 nitrogen and oxygen atoms in total. The highest BCUT2D eigenvalue weighted by atomic mass is 16.6. The Balaban J connectivity index is 1.21. The summed E-state index contributed by atoms with van der Waals surface area (Å²) in [5.74, 6) is 1.02. The topological polar surface area (TPSA) is 144 Å². The number of hydrogen-bond acceptors (Lipinski definition) is 7. The predicted octanol–water partition coefficient (Wildman–Crippen LogP) is 7.68. The zero-order valence-corrected chi connectivity index (χ0v) is 33.3. The average molecular weight is 769 g/mol. The Morgan fingerprint density at radius 1 is 0.786 bits per heavy atom. The third-order valence-corrected chi connectivity index (χ3v) is 11.2. The van der Waals surface area contributed by atoms with Crippen molar-refractivity contribution >= 4 is 24.0 Å². The molecule has 0 bridgehead atoms. The number of benzene rings is 2. The number of aromatic nitrogens is 2. The summed E-state index contributed by atoms with van der Waals surface area (Å²) in [7, 11) is 0. The molecule has 3 aromatic rings. The maximum atomic E-state index is 14.8. The normalized spacial score (nSPS) is 18.9. The van der Waals surface area contributed by atoms with Crippen LogP contribution in [0.2, 0.25) is 0 Å². The van der Waals surface area contributed by atoms with Crippen LogP contribution in [-0.4, -0.2) is 69.2 Å². The Kier molecular flexibility index (Phi) is 14.1. The molecule has 3 N–H and O–H groups in total. The van der Waals surface area contributed by atoms with E-state index in [4.69, 9.17) is 14.5 Å². The molecule has 56 heavy (non-hydrogen) atoms. The summed E-state index contributed by atoms with van der Waals surface area (Å²) in [5, 5.41) is 8.28. The number of alkyl carbamates (subject to hydrolysis) is 2. The quantitative estimate of drug-likeness (QED) is 0.153. The number of likely N-dealkylation sites (tertiary alicyclic amines) is 1. The second kappa shape index (κ2) is 19.3. The van der Waals surface area contributed by atoms with Gasteiger partial charge >= 0.3 is 12.2 Å². The summed E-state index contributed by atoms with van der Waals surface area (Å²) in [6, 6.07) is 17.1. The lowest BCUT2D eigenvalue weighted by Gasteiger charge is -2.32. The molecule has 2 heterocycles. The standard InChI is InChI=1S/C44H60N6O6/c1-44(2,3)56-43(54)48-36(27-45-42(53)55-30-33-20-9-5-10-21-33)40(51)47-35(26-31-16-13-14-17-31)41(52)50-25-15-24-38(50)39-46-37(34-22-11-6-12-23-34)29-49(39)28-32-18-7-4-8-19-32/h5-6,9-12,20-23,29,31-32,35-36,38H,4,7-8,13-19,24-28,30H2,1-3H3,(H,45,53)(H,47,51)(H,48,54)/t35?,36?,38-/m0/s1. The molecule has 302 valence electrons. The Labute approximate surface area is 331 Å². The van der Waals surface area contributed by atoms with Crippen molar-refractivity contribution < 1.29 is 28.7 Å². The molecule has 6 rings (SSSR count). The Morgan fingerprint density at radius 3 is 2.14 bits per heavy atom. The first-order valence-electron chi connectivity index (χ1n) is 20.7. The van der Waals surface area contributed by atoms with Crippen molar-refractivity contribution in [1.82, 2.24) is 30.4 Å². The summed E-state index contributed by atoms with van der Waals surface area (Å²) in [6.07, 6.45) is 13.0. The fourth-order valence-electron chi connectivity index (χ4n) is 8.43. The van der Waals surface area contributed by atoms with E-state index in [0.29, 0.717) is 18.9 Å². The zero-order valence-electron chi connectivity index (χ0n) is 33.3. The molecule has 2 saturated carbocycles. The number of amides is 4. The molecule has 3 fully saturated rings. The van der Waals surface area contributed by atoms with E-state index in [-0.39, 0.29) is 31.0 Å². The van der Waals surface area contributed by atoms with E-state index in [1.54, 1.807) is 20.8 Å². The van der Waals surface area contributed by atoms with E-state index < -0.39 is 35.8 Å². The molecule has 3 atom stereocenters. The van der Waals surface area contributed by atoms with Gasteiger partial charge in [-0.3, -0.25) is 9.59 Å². The Bertz CT molecular complexity index is 1750. The van der Waals surface area contributed by atoms with Crippen LogP contribution >= 0.6 is 0 Å². The minimum atomic E-state index is -1.23. The second-order valence-electron chi connectivity index (χ2n) is 16.8. The number of ether oxygens (including phenoxy) is 2. The Hall–Kier alpha value is -4.87. The summed E-state index contributed by atoms with van der Waals surface area (Å²) in [5.41, 5.74) is 1.93. The van der Waals surface area contributed by atoms with Crippen molar-refractivity contribution in [3.63, 3.8) is 0 Å². The van der Waals surface area contributed by atoms with Crippen LogP contribution in [0, 0.1) is 11.8 Å². The van der Waals surface area contributed by atoms with E-state index in [0.717, 1.165) is 67.7 Å². The summed E-state index contributed by atoms with van der Waals surface area (Å²) in [6.45, 7) is 6.40. The predicted molar refractivity (Wildman–Crippen MR) is 214 cm³/mol. The lowest BCUT2D eigenvalue weighted by molar-refractivity contribution is -0.138. The van der Waals surface area contributed by atoms with Crippen LogP contribution in [0.1, 0.15) is 115 Å². The molecule has 0 spiro atoms. The van der Waals surface area contributed by atoms with Crippen LogP contribution in [-0.2, 0) is 32.2 Å². The lowest BCUT2D eigenvalue weighted by atomic mass is 9.89. The monoisotopic (exact) mass is 768 g/mol. The van der Waals surface area contributed by atoms with Gasteiger partial charge in [-0.15, -0.1) is 0 Å². The zero-order chi connectivity index (χ0) is 39.5. The highest BCUT2D eigenvalue weighted by Crippen LogP contribution is 2.37. The molecule has 1 aromatic heterocycles. The molecular formula is C44H60N6O6. The third-order valence-electron chi connectivity index (χ3n) is 11.2. The first kappa shape index (κ1) is 40.8. The van der Waals surface area contributed by atoms with Crippen molar-refractivity contribution in [2.45, 2.75) is 135 Å². The van der Waals surface area contributed by atoms with Crippen molar-refractivity contribution in [2.75, 3.05) is 13.1 Å². The molecule has 3 aliphatic rings. The van der Waals surface area contributed by atoms with Gasteiger partial charge in [-0.05, 0) is 70.3 Å². The summed E-state index contributed by atoms with van der Waals surface area (Å²) in [4.78, 5) is 61.8. The van der Waals surface area contributed by atoms with Crippen molar-refractivity contribution in [2.24, 2.45) is 11.8 Å². The fourth-order valence-corrected chi connectivity index (χ4v) is 8.43. The van der Waals surface area contributed by atoms with E-state index in [9.17, 15) is 19.2 Å². The minimum Gasteiger partial charge on any atom is -0.445 e. The Morgan fingerprint density at radius 2 is 1.45 bits per heavy atom. The van der Waals surface area contributed by atoms with Crippen LogP contribution in [0.15, 0.2) is 66.9 Å². The van der Waals surface area contributed by atoms with Gasteiger partial charge in [-0.2, -0.15) is 0 Å². The van der Waals surface area contributed by atoms with E-state index in [1.807, 2.05) is 53.4 Å². The number of rotatable bonds is 14. The van der Waals surface area contributed by atoms with Gasteiger partial charge in [-0.25, -0.2) is 14.6 Å². The van der Waals surface area contributed by atoms with Gasteiger partial charge in [-0.1, -0.05) is 106 Å². The van der Waals surface area contributed by atoms with Crippen LogP contribution in [0.4, 0.5) is 9.59 Å². The van der Waals surface area contributed by atoms with Crippen LogP contribution < -0.4 is 16.0 Å². The molecule has 1 saturated heterocycles. The second-order valence-corrected chi connectivity index (χ2v) is 16.8. The number of nitrogens with one attached hydrogen (secondary N) is 3. The van der Waals surface area contributed by atoms with Crippen molar-refractivity contribution in [1.29, 1.82) is 0 Å². The summed E-state index contributed by atoms with van der Waals surface area (Å²) < 4.78 is 13.1. The molecule has 12 heteroatoms. The highest BCUT2D eigenvalue weighted by molar-refractivity contribution is 5.92. The molecule has 0 radical (unpaired) electrons. The number of hydrogen-bond donors (Lipinski definition) is 3. The maximum Gasteiger partial charge on any atom is 0.408 e. The van der Waals surface area contributed by atoms with Crippen molar-refractivity contribution in [3.05, 3.63) is 78.2 Å². The summed E-state index contributed by atoms with van der Waals surface area (Å²) >= 11 is 0. The first-order chi connectivity index (χ1) is 27.0. The van der Waals surface area contributed by atoms with E-state index in [1.165, 1.54) is 32.1 Å². The molecule has 4 amide bonds. The van der Waals surface area contributed by atoms with Gasteiger partial charge in [0, 0.05) is 24.8 Å². The largest absolute Gasteiger partial charge is 0.445 e. The van der Waals surface area contributed by atoms with Gasteiger partial charge < -0.3 is 34.9 Å². The van der Waals surface area contributed by atoms with Crippen molar-refractivity contribution in [3.8, 4) is 11.3 Å². The fraction of sp³-hybridized carbons (Fsp3) is 0.568. The third kappa shape index (κ3) is 11.6. The SMILES string of the molecule is CC(C)(C)OC(=O)NC(CNC(=O)OCc1ccccc1)C(=O)NC(CC1CCCC1)C(=O)N1CCC[C@H]1c1nc(-c2ccccc2)cn1CC1CCCCC1. The minimum absolute atomic E-state index is 0.0454. The number of carbonyl (C=O) groups excluding carboxylic acids is 4. The van der Waals surface area contributed by atoms with Crippen LogP contribution in [0.25, 0.3) is 11.3 Å². The number of imidazole rings is 1. The van der Waals surface area contributed by atoms with Gasteiger partial charge in [0.25, 0.3) is 0 Å². The lowest BCUT2D eigenvalue weighted by Crippen LogP contribution is -2.58. The molecule has 2 aliphatic carbocycles. The molecule has 2 aromatic carbocycles. The average Bonchev–Trinajstić information content (AvgIpc) is 3.98.